The molecule has 0 radical (unpaired) electrons. The van der Waals surface area contributed by atoms with Gasteiger partial charge in [0, 0.05) is 13.1 Å². The maximum Gasteiger partial charge on any atom is 0.410 e. The number of hydrogen-bond acceptors (Lipinski definition) is 5. The van der Waals surface area contributed by atoms with Gasteiger partial charge in [-0.1, -0.05) is 0 Å². The second-order valence-corrected chi connectivity index (χ2v) is 6.74. The van der Waals surface area contributed by atoms with Gasteiger partial charge in [0.25, 0.3) is 0 Å². The summed E-state index contributed by atoms with van der Waals surface area (Å²) in [5.74, 6) is -0.690. The fraction of sp³-hybridized carbons (Fsp3) is 0.562. The van der Waals surface area contributed by atoms with Gasteiger partial charge in [-0.15, -0.1) is 0 Å². The van der Waals surface area contributed by atoms with E-state index in [-0.39, 0.29) is 11.8 Å². The number of nitrogens with one attached hydrogen (secondary N) is 2. The summed E-state index contributed by atoms with van der Waals surface area (Å²) in [5, 5.41) is 0. The first kappa shape index (κ1) is 18.0. The van der Waals surface area contributed by atoms with E-state index in [4.69, 9.17) is 4.74 Å². The van der Waals surface area contributed by atoms with E-state index in [9.17, 15) is 14.0 Å². The van der Waals surface area contributed by atoms with Crippen LogP contribution in [0.3, 0.4) is 0 Å². The van der Waals surface area contributed by atoms with E-state index in [0.29, 0.717) is 25.3 Å². The molecule has 2 amide bonds. The van der Waals surface area contributed by atoms with E-state index in [2.05, 4.69) is 15.8 Å². The SMILES string of the molecule is CC(C)(C)OC(=O)N1CCCC(C(=O)NNc2ccc(F)cn2)C1. The number of rotatable bonds is 3. The van der Waals surface area contributed by atoms with Crippen LogP contribution in [0.4, 0.5) is 15.0 Å². The quantitative estimate of drug-likeness (QED) is 0.826. The number of amides is 2. The van der Waals surface area contributed by atoms with Crippen molar-refractivity contribution in [2.75, 3.05) is 18.5 Å². The van der Waals surface area contributed by atoms with Crippen molar-refractivity contribution in [2.45, 2.75) is 39.2 Å². The zero-order valence-corrected chi connectivity index (χ0v) is 14.1. The molecule has 132 valence electrons. The number of ether oxygens (including phenoxy) is 1. The van der Waals surface area contributed by atoms with Crippen molar-refractivity contribution < 1.29 is 18.7 Å². The highest BCUT2D eigenvalue weighted by Crippen LogP contribution is 2.19. The number of carbonyl (C=O) groups excluding carboxylic acids is 2. The molecule has 1 saturated heterocycles. The van der Waals surface area contributed by atoms with Crippen LogP contribution in [0, 0.1) is 11.7 Å². The van der Waals surface area contributed by atoms with Gasteiger partial charge in [0.05, 0.1) is 12.1 Å². The predicted octanol–water partition coefficient (Wildman–Crippen LogP) is 2.31. The fourth-order valence-corrected chi connectivity index (χ4v) is 2.36. The number of pyridine rings is 1. The van der Waals surface area contributed by atoms with E-state index in [1.165, 1.54) is 12.1 Å². The number of piperidine rings is 1. The lowest BCUT2D eigenvalue weighted by Gasteiger charge is -2.33. The molecule has 1 atom stereocenters. The molecule has 24 heavy (non-hydrogen) atoms. The van der Waals surface area contributed by atoms with Gasteiger partial charge in [-0.3, -0.25) is 15.6 Å². The lowest BCUT2D eigenvalue weighted by atomic mass is 9.98. The summed E-state index contributed by atoms with van der Waals surface area (Å²) in [6.45, 7) is 6.29. The van der Waals surface area contributed by atoms with Gasteiger partial charge in [0.2, 0.25) is 5.91 Å². The molecule has 2 N–H and O–H groups in total. The van der Waals surface area contributed by atoms with Crippen LogP contribution in [-0.4, -0.2) is 40.6 Å². The Morgan fingerprint density at radius 1 is 1.38 bits per heavy atom. The number of anilines is 1. The molecule has 1 aliphatic rings. The first-order valence-electron chi connectivity index (χ1n) is 7.90. The minimum atomic E-state index is -0.567. The van der Waals surface area contributed by atoms with Crippen LogP contribution < -0.4 is 10.9 Å². The maximum atomic E-state index is 12.8. The molecule has 8 heteroatoms. The van der Waals surface area contributed by atoms with Crippen molar-refractivity contribution in [1.29, 1.82) is 0 Å². The molecule has 7 nitrogen and oxygen atoms in total. The summed E-state index contributed by atoms with van der Waals surface area (Å²) in [6, 6.07) is 2.66. The maximum absolute atomic E-state index is 12.8. The van der Waals surface area contributed by atoms with E-state index >= 15 is 0 Å². The third kappa shape index (κ3) is 5.36. The minimum Gasteiger partial charge on any atom is -0.444 e. The van der Waals surface area contributed by atoms with Crippen LogP contribution in [0.2, 0.25) is 0 Å². The average Bonchev–Trinajstić information content (AvgIpc) is 2.52. The van der Waals surface area contributed by atoms with Crippen LogP contribution in [-0.2, 0) is 9.53 Å². The molecule has 0 spiro atoms. The second kappa shape index (κ2) is 7.46. The summed E-state index contributed by atoms with van der Waals surface area (Å²) in [6.07, 6.45) is 2.06. The van der Waals surface area contributed by atoms with E-state index in [1.807, 2.05) is 0 Å². The van der Waals surface area contributed by atoms with Crippen molar-refractivity contribution in [3.8, 4) is 0 Å². The zero-order chi connectivity index (χ0) is 17.7. The highest BCUT2D eigenvalue weighted by Gasteiger charge is 2.31. The number of aromatic nitrogens is 1. The van der Waals surface area contributed by atoms with E-state index < -0.39 is 17.5 Å². The van der Waals surface area contributed by atoms with Gasteiger partial charge >= 0.3 is 6.09 Å². The van der Waals surface area contributed by atoms with Gasteiger partial charge in [0.1, 0.15) is 17.2 Å². The molecule has 0 bridgehead atoms. The van der Waals surface area contributed by atoms with Crippen LogP contribution in [0.1, 0.15) is 33.6 Å². The first-order chi connectivity index (χ1) is 11.2. The van der Waals surface area contributed by atoms with Gasteiger partial charge in [-0.25, -0.2) is 14.2 Å². The molecular formula is C16H23FN4O3. The lowest BCUT2D eigenvalue weighted by Crippen LogP contribution is -2.47. The summed E-state index contributed by atoms with van der Waals surface area (Å²) >= 11 is 0. The Balaban J connectivity index is 1.85. The summed E-state index contributed by atoms with van der Waals surface area (Å²) in [7, 11) is 0. The molecule has 1 aromatic rings. The van der Waals surface area contributed by atoms with Gasteiger partial charge in [0.15, 0.2) is 0 Å². The van der Waals surface area contributed by atoms with Gasteiger partial charge in [-0.2, -0.15) is 0 Å². The predicted molar refractivity (Wildman–Crippen MR) is 86.5 cm³/mol. The summed E-state index contributed by atoms with van der Waals surface area (Å²) in [4.78, 5) is 29.7. The molecule has 0 aromatic carbocycles. The number of hydrazine groups is 1. The molecule has 0 aliphatic carbocycles. The van der Waals surface area contributed by atoms with E-state index in [1.54, 1.807) is 25.7 Å². The molecular weight excluding hydrogens is 315 g/mol. The Labute approximate surface area is 140 Å². The zero-order valence-electron chi connectivity index (χ0n) is 14.1. The highest BCUT2D eigenvalue weighted by atomic mass is 19.1. The fourth-order valence-electron chi connectivity index (χ4n) is 2.36. The van der Waals surface area contributed by atoms with Crippen LogP contribution in [0.25, 0.3) is 0 Å². The van der Waals surface area contributed by atoms with Crippen molar-refractivity contribution in [1.82, 2.24) is 15.3 Å². The Hall–Kier alpha value is -2.38. The highest BCUT2D eigenvalue weighted by molar-refractivity contribution is 5.81. The minimum absolute atomic E-state index is 0.241. The standard InChI is InChI=1S/C16H23FN4O3/c1-16(2,3)24-15(23)21-8-4-5-11(10-21)14(22)20-19-13-7-6-12(17)9-18-13/h6-7,9,11H,4-5,8,10H2,1-3H3,(H,18,19)(H,20,22). The summed E-state index contributed by atoms with van der Waals surface area (Å²) < 4.78 is 18.1. The third-order valence-corrected chi connectivity index (χ3v) is 3.49. The largest absolute Gasteiger partial charge is 0.444 e. The van der Waals surface area contributed by atoms with Crippen molar-refractivity contribution in [3.05, 3.63) is 24.1 Å². The topological polar surface area (TPSA) is 83.6 Å². The Morgan fingerprint density at radius 2 is 2.12 bits per heavy atom. The number of nitrogens with zero attached hydrogens (tertiary/aromatic N) is 2. The number of hydrogen-bond donors (Lipinski definition) is 2. The Bertz CT molecular complexity index is 586. The monoisotopic (exact) mass is 338 g/mol. The number of carbonyl (C=O) groups is 2. The van der Waals surface area contributed by atoms with Crippen molar-refractivity contribution in [3.63, 3.8) is 0 Å². The molecule has 0 saturated carbocycles. The average molecular weight is 338 g/mol. The van der Waals surface area contributed by atoms with Gasteiger partial charge in [-0.05, 0) is 45.7 Å². The number of halogens is 1. The summed E-state index contributed by atoms with van der Waals surface area (Å²) in [5.41, 5.74) is 4.62. The number of likely N-dealkylation sites (tertiary alicyclic amines) is 1. The lowest BCUT2D eigenvalue weighted by molar-refractivity contribution is -0.126. The molecule has 1 unspecified atom stereocenters. The molecule has 2 heterocycles. The smallest absolute Gasteiger partial charge is 0.410 e. The second-order valence-electron chi connectivity index (χ2n) is 6.74. The van der Waals surface area contributed by atoms with Crippen LogP contribution >= 0.6 is 0 Å². The van der Waals surface area contributed by atoms with E-state index in [0.717, 1.165) is 12.6 Å². The van der Waals surface area contributed by atoms with Crippen LogP contribution in [0.15, 0.2) is 18.3 Å². The Morgan fingerprint density at radius 3 is 2.75 bits per heavy atom. The van der Waals surface area contributed by atoms with Gasteiger partial charge < -0.3 is 9.64 Å². The Kier molecular flexibility index (Phi) is 5.58. The third-order valence-electron chi connectivity index (χ3n) is 3.49. The normalized spacial score (nSPS) is 18.0. The molecule has 1 aromatic heterocycles. The van der Waals surface area contributed by atoms with Crippen molar-refractivity contribution in [2.24, 2.45) is 5.92 Å². The molecule has 2 rings (SSSR count). The van der Waals surface area contributed by atoms with Crippen molar-refractivity contribution >= 4 is 17.8 Å². The first-order valence-corrected chi connectivity index (χ1v) is 7.90. The van der Waals surface area contributed by atoms with Crippen LogP contribution in [0.5, 0.6) is 0 Å². The molecule has 1 aliphatic heterocycles. The molecule has 1 fully saturated rings.